The van der Waals surface area contributed by atoms with Gasteiger partial charge in [0.1, 0.15) is 12.0 Å². The van der Waals surface area contributed by atoms with Crippen molar-refractivity contribution in [1.82, 2.24) is 9.97 Å². The predicted octanol–water partition coefficient (Wildman–Crippen LogP) is 1.17. The molecule has 2 amide bonds. The Balaban J connectivity index is 1.95. The Kier molecular flexibility index (Phi) is 5.08. The molecule has 0 spiro atoms. The highest BCUT2D eigenvalue weighted by Gasteiger charge is 2.10. The van der Waals surface area contributed by atoms with Crippen LogP contribution >= 0.6 is 0 Å². The number of anilines is 4. The summed E-state index contributed by atoms with van der Waals surface area (Å²) in [5.74, 6) is -0.143. The molecule has 0 unspecified atom stereocenters. The molecule has 1 aromatic carbocycles. The quantitative estimate of drug-likeness (QED) is 0.654. The summed E-state index contributed by atoms with van der Waals surface area (Å²) in [5.41, 5.74) is 13.2. The summed E-state index contributed by atoms with van der Waals surface area (Å²) in [4.78, 5) is 30.6. The molecule has 2 rings (SSSR count). The highest BCUT2D eigenvalue weighted by molar-refractivity contribution is 5.96. The van der Waals surface area contributed by atoms with Gasteiger partial charge in [0.15, 0.2) is 11.6 Å². The van der Waals surface area contributed by atoms with E-state index in [2.05, 4.69) is 20.6 Å². The highest BCUT2D eigenvalue weighted by atomic mass is 16.2. The number of hydrogen-bond acceptors (Lipinski definition) is 6. The van der Waals surface area contributed by atoms with E-state index in [-0.39, 0.29) is 35.6 Å². The van der Waals surface area contributed by atoms with Gasteiger partial charge in [-0.1, -0.05) is 12.1 Å². The average Bonchev–Trinajstić information content (AvgIpc) is 2.49. The van der Waals surface area contributed by atoms with Crippen molar-refractivity contribution in [2.75, 3.05) is 22.1 Å². The molecule has 8 nitrogen and oxygen atoms in total. The summed E-state index contributed by atoms with van der Waals surface area (Å²) < 4.78 is 0. The first-order chi connectivity index (χ1) is 11.0. The number of aromatic nitrogens is 2. The van der Waals surface area contributed by atoms with Gasteiger partial charge < -0.3 is 22.1 Å². The molecule has 120 valence electrons. The molecule has 2 aromatic rings. The van der Waals surface area contributed by atoms with E-state index in [1.54, 1.807) is 6.07 Å². The number of carbonyl (C=O) groups excluding carboxylic acids is 2. The lowest BCUT2D eigenvalue weighted by atomic mass is 10.1. The molecule has 0 aliphatic carbocycles. The van der Waals surface area contributed by atoms with Crippen molar-refractivity contribution >= 4 is 34.8 Å². The van der Waals surface area contributed by atoms with Gasteiger partial charge in [0, 0.05) is 19.0 Å². The van der Waals surface area contributed by atoms with Crippen molar-refractivity contribution in [3.8, 4) is 0 Å². The molecule has 0 bridgehead atoms. The second-order valence-corrected chi connectivity index (χ2v) is 4.95. The molecule has 0 aliphatic heterocycles. The van der Waals surface area contributed by atoms with E-state index in [9.17, 15) is 9.59 Å². The van der Waals surface area contributed by atoms with Crippen molar-refractivity contribution in [2.24, 2.45) is 0 Å². The van der Waals surface area contributed by atoms with Crippen molar-refractivity contribution in [3.63, 3.8) is 0 Å². The minimum absolute atomic E-state index is 0.124. The van der Waals surface area contributed by atoms with Crippen LogP contribution in [0.5, 0.6) is 0 Å². The summed E-state index contributed by atoms with van der Waals surface area (Å²) in [5, 5.41) is 5.31. The van der Waals surface area contributed by atoms with Gasteiger partial charge in [0.05, 0.1) is 0 Å². The van der Waals surface area contributed by atoms with Crippen LogP contribution in [0.3, 0.4) is 0 Å². The molecule has 0 atom stereocenters. The van der Waals surface area contributed by atoms with Crippen LogP contribution in [0.4, 0.5) is 23.0 Å². The van der Waals surface area contributed by atoms with E-state index < -0.39 is 0 Å². The monoisotopic (exact) mass is 314 g/mol. The number of nitrogens with one attached hydrogen (secondary N) is 2. The van der Waals surface area contributed by atoms with E-state index in [1.165, 1.54) is 13.3 Å². The lowest BCUT2D eigenvalue weighted by Gasteiger charge is -2.09. The molecule has 0 radical (unpaired) electrons. The van der Waals surface area contributed by atoms with Gasteiger partial charge in [-0.25, -0.2) is 9.97 Å². The average molecular weight is 314 g/mol. The number of carbonyl (C=O) groups is 2. The molecular formula is C15H18N6O2. The Labute approximate surface area is 133 Å². The normalized spacial score (nSPS) is 10.1. The van der Waals surface area contributed by atoms with E-state index in [0.717, 1.165) is 5.56 Å². The first kappa shape index (κ1) is 16.2. The molecule has 23 heavy (non-hydrogen) atoms. The molecule has 8 heteroatoms. The Morgan fingerprint density at radius 1 is 1.13 bits per heavy atom. The first-order valence-electron chi connectivity index (χ1n) is 6.98. The second kappa shape index (κ2) is 7.21. The third kappa shape index (κ3) is 4.67. The maximum atomic E-state index is 12.0. The van der Waals surface area contributed by atoms with Crippen LogP contribution in [0.15, 0.2) is 30.6 Å². The lowest BCUT2D eigenvalue weighted by molar-refractivity contribution is -0.116. The summed E-state index contributed by atoms with van der Waals surface area (Å²) in [6.07, 6.45) is 1.97. The minimum atomic E-state index is -0.247. The molecular weight excluding hydrogens is 296 g/mol. The minimum Gasteiger partial charge on any atom is -0.382 e. The fraction of sp³-hybridized carbons (Fsp3) is 0.200. The number of nitrogens with zero attached hydrogens (tertiary/aromatic N) is 2. The van der Waals surface area contributed by atoms with E-state index in [4.69, 9.17) is 11.5 Å². The molecule has 0 saturated carbocycles. The van der Waals surface area contributed by atoms with Crippen LogP contribution in [-0.2, 0) is 16.0 Å². The molecule has 1 aromatic heterocycles. The second-order valence-electron chi connectivity index (χ2n) is 4.95. The third-order valence-corrected chi connectivity index (χ3v) is 3.06. The number of benzene rings is 1. The Morgan fingerprint density at radius 2 is 1.83 bits per heavy atom. The predicted molar refractivity (Wildman–Crippen MR) is 88.6 cm³/mol. The summed E-state index contributed by atoms with van der Waals surface area (Å²) >= 11 is 0. The Bertz CT molecular complexity index is 711. The standard InChI is InChI=1S/C15H18N6O2/c1-9(22)20-11-4-2-3-10(7-11)5-6-12(23)21-13-14(16)18-8-19-15(13)17/h2-4,7-8H,5-6H2,1H3,(H,20,22)(H,21,23)(H4,16,17,18,19). The zero-order valence-electron chi connectivity index (χ0n) is 12.7. The summed E-state index contributed by atoms with van der Waals surface area (Å²) in [6.45, 7) is 1.44. The van der Waals surface area contributed by atoms with Crippen LogP contribution in [0, 0.1) is 0 Å². The zero-order chi connectivity index (χ0) is 16.8. The number of rotatable bonds is 5. The molecule has 0 fully saturated rings. The number of hydrogen-bond donors (Lipinski definition) is 4. The van der Waals surface area contributed by atoms with Gasteiger partial charge in [-0.3, -0.25) is 9.59 Å². The molecule has 1 heterocycles. The van der Waals surface area contributed by atoms with Gasteiger partial charge >= 0.3 is 0 Å². The maximum absolute atomic E-state index is 12.0. The van der Waals surface area contributed by atoms with Crippen LogP contribution in [0.25, 0.3) is 0 Å². The third-order valence-electron chi connectivity index (χ3n) is 3.06. The van der Waals surface area contributed by atoms with Gasteiger partial charge in [0.25, 0.3) is 0 Å². The van der Waals surface area contributed by atoms with Crippen molar-refractivity contribution in [1.29, 1.82) is 0 Å². The highest BCUT2D eigenvalue weighted by Crippen LogP contribution is 2.21. The van der Waals surface area contributed by atoms with Gasteiger partial charge in [-0.15, -0.1) is 0 Å². The lowest BCUT2D eigenvalue weighted by Crippen LogP contribution is -2.16. The van der Waals surface area contributed by atoms with Gasteiger partial charge in [-0.05, 0) is 24.1 Å². The van der Waals surface area contributed by atoms with Gasteiger partial charge in [0.2, 0.25) is 11.8 Å². The number of amides is 2. The number of nitrogens with two attached hydrogens (primary N) is 2. The summed E-state index contributed by atoms with van der Waals surface area (Å²) in [6, 6.07) is 7.31. The topological polar surface area (TPSA) is 136 Å². The smallest absolute Gasteiger partial charge is 0.224 e. The van der Waals surface area contributed by atoms with Crippen molar-refractivity contribution in [2.45, 2.75) is 19.8 Å². The fourth-order valence-corrected chi connectivity index (χ4v) is 2.01. The first-order valence-corrected chi connectivity index (χ1v) is 6.98. The van der Waals surface area contributed by atoms with E-state index in [0.29, 0.717) is 12.1 Å². The van der Waals surface area contributed by atoms with E-state index >= 15 is 0 Å². The number of aryl methyl sites for hydroxylation is 1. The Hall–Kier alpha value is -3.16. The van der Waals surface area contributed by atoms with Crippen LogP contribution < -0.4 is 22.1 Å². The van der Waals surface area contributed by atoms with Crippen LogP contribution in [0.1, 0.15) is 18.9 Å². The SMILES string of the molecule is CC(=O)Nc1cccc(CCC(=O)Nc2c(N)ncnc2N)c1. The molecule has 0 saturated heterocycles. The zero-order valence-corrected chi connectivity index (χ0v) is 12.7. The van der Waals surface area contributed by atoms with E-state index in [1.807, 2.05) is 18.2 Å². The fourth-order valence-electron chi connectivity index (χ4n) is 2.01. The maximum Gasteiger partial charge on any atom is 0.224 e. The van der Waals surface area contributed by atoms with Crippen LogP contribution in [-0.4, -0.2) is 21.8 Å². The summed E-state index contributed by atoms with van der Waals surface area (Å²) in [7, 11) is 0. The van der Waals surface area contributed by atoms with Crippen molar-refractivity contribution in [3.05, 3.63) is 36.2 Å². The van der Waals surface area contributed by atoms with Crippen molar-refractivity contribution < 1.29 is 9.59 Å². The largest absolute Gasteiger partial charge is 0.382 e. The molecule has 0 aliphatic rings. The number of nitrogen functional groups attached to an aromatic ring is 2. The molecule has 6 N–H and O–H groups in total. The van der Waals surface area contributed by atoms with Gasteiger partial charge in [-0.2, -0.15) is 0 Å². The van der Waals surface area contributed by atoms with Crippen LogP contribution in [0.2, 0.25) is 0 Å². The Morgan fingerprint density at radius 3 is 2.48 bits per heavy atom.